The van der Waals surface area contributed by atoms with Gasteiger partial charge in [-0.15, -0.1) is 11.8 Å². The second-order valence-electron chi connectivity index (χ2n) is 5.78. The Bertz CT molecular complexity index is 731. The summed E-state index contributed by atoms with van der Waals surface area (Å²) in [5, 5.41) is 3.00. The number of nitrogens with one attached hydrogen (secondary N) is 1. The van der Waals surface area contributed by atoms with Crippen LogP contribution in [0.25, 0.3) is 0 Å². The highest BCUT2D eigenvalue weighted by Crippen LogP contribution is 2.25. The summed E-state index contributed by atoms with van der Waals surface area (Å²) in [5.41, 5.74) is 2.65. The number of thioether (sulfide) groups is 1. The first kappa shape index (κ1) is 19.1. The Hall–Kier alpha value is -2.27. The summed E-state index contributed by atoms with van der Waals surface area (Å²) in [6.07, 6.45) is 0. The summed E-state index contributed by atoms with van der Waals surface area (Å²) in [4.78, 5) is 23.7. The van der Waals surface area contributed by atoms with Crippen LogP contribution in [0, 0.1) is 0 Å². The monoisotopic (exact) mass is 357 g/mol. The van der Waals surface area contributed by atoms with Crippen molar-refractivity contribution >= 4 is 23.5 Å². The molecule has 1 N–H and O–H groups in total. The number of carbonyl (C=O) groups is 2. The summed E-state index contributed by atoms with van der Waals surface area (Å²) in [6.45, 7) is 3.51. The molecule has 0 aliphatic carbocycles. The lowest BCUT2D eigenvalue weighted by Crippen LogP contribution is -2.28. The quantitative estimate of drug-likeness (QED) is 0.725. The van der Waals surface area contributed by atoms with E-state index in [1.54, 1.807) is 19.2 Å². The number of Topliss-reactive ketones (excluding diaryl/α,β-unsaturated/α-hetero) is 1. The van der Waals surface area contributed by atoms with E-state index in [4.69, 9.17) is 4.74 Å². The van der Waals surface area contributed by atoms with Crippen LogP contribution in [0.1, 0.15) is 41.4 Å². The van der Waals surface area contributed by atoms with E-state index in [9.17, 15) is 9.59 Å². The van der Waals surface area contributed by atoms with Crippen LogP contribution in [-0.2, 0) is 10.5 Å². The van der Waals surface area contributed by atoms with Crippen molar-refractivity contribution < 1.29 is 14.3 Å². The van der Waals surface area contributed by atoms with Crippen LogP contribution in [0.3, 0.4) is 0 Å². The first-order valence-corrected chi connectivity index (χ1v) is 9.26. The number of hydrogen-bond donors (Lipinski definition) is 1. The number of benzene rings is 2. The van der Waals surface area contributed by atoms with Crippen LogP contribution in [0.4, 0.5) is 0 Å². The van der Waals surface area contributed by atoms with Crippen LogP contribution < -0.4 is 10.1 Å². The second kappa shape index (κ2) is 9.28. The maximum Gasteiger partial charge on any atom is 0.230 e. The lowest BCUT2D eigenvalue weighted by molar-refractivity contribution is -0.119. The topological polar surface area (TPSA) is 55.4 Å². The van der Waals surface area contributed by atoms with Crippen molar-refractivity contribution in [1.29, 1.82) is 0 Å². The second-order valence-corrected chi connectivity index (χ2v) is 6.76. The Balaban J connectivity index is 1.88. The highest BCUT2D eigenvalue weighted by atomic mass is 32.2. The third kappa shape index (κ3) is 5.64. The van der Waals surface area contributed by atoms with Gasteiger partial charge in [0.2, 0.25) is 5.91 Å². The van der Waals surface area contributed by atoms with Crippen LogP contribution >= 0.6 is 11.8 Å². The lowest BCUT2D eigenvalue weighted by Gasteiger charge is -2.14. The molecule has 0 unspecified atom stereocenters. The van der Waals surface area contributed by atoms with Gasteiger partial charge in [-0.1, -0.05) is 30.3 Å². The van der Waals surface area contributed by atoms with Crippen molar-refractivity contribution in [3.05, 3.63) is 65.2 Å². The fourth-order valence-corrected chi connectivity index (χ4v) is 3.29. The molecule has 0 aliphatic heterocycles. The van der Waals surface area contributed by atoms with Gasteiger partial charge in [-0.3, -0.25) is 9.59 Å². The van der Waals surface area contributed by atoms with E-state index < -0.39 is 0 Å². The number of hydrogen-bond acceptors (Lipinski definition) is 4. The van der Waals surface area contributed by atoms with Gasteiger partial charge in [0.15, 0.2) is 5.78 Å². The number of amides is 1. The Labute approximate surface area is 153 Å². The Kier molecular flexibility index (Phi) is 7.07. The van der Waals surface area contributed by atoms with Gasteiger partial charge >= 0.3 is 0 Å². The number of ether oxygens (including phenoxy) is 1. The molecule has 4 nitrogen and oxygen atoms in total. The van der Waals surface area contributed by atoms with Gasteiger partial charge < -0.3 is 10.1 Å². The molecule has 1 atom stereocenters. The predicted octanol–water partition coefficient (Wildman–Crippen LogP) is 4.01. The molecule has 0 heterocycles. The zero-order valence-electron chi connectivity index (χ0n) is 14.7. The van der Waals surface area contributed by atoms with Crippen molar-refractivity contribution in [3.8, 4) is 5.75 Å². The molecule has 5 heteroatoms. The fraction of sp³-hybridized carbons (Fsp3) is 0.300. The molecule has 2 aromatic carbocycles. The standard InChI is InChI=1S/C20H23NO3S/c1-14(16-7-5-4-6-8-16)21-20(23)13-25-12-18-11-17(15(2)22)9-10-19(18)24-3/h4-11,14H,12-13H2,1-3H3,(H,21,23)/t14-/m1/s1. The minimum absolute atomic E-state index is 0.0111. The Morgan fingerprint density at radius 1 is 1.16 bits per heavy atom. The van der Waals surface area contributed by atoms with Crippen LogP contribution in [0.2, 0.25) is 0 Å². The number of methoxy groups -OCH3 is 1. The molecule has 0 saturated carbocycles. The Morgan fingerprint density at radius 3 is 2.52 bits per heavy atom. The van der Waals surface area contributed by atoms with E-state index in [2.05, 4.69) is 5.32 Å². The van der Waals surface area contributed by atoms with E-state index in [0.717, 1.165) is 16.9 Å². The lowest BCUT2D eigenvalue weighted by atomic mass is 10.1. The van der Waals surface area contributed by atoms with Crippen LogP contribution in [-0.4, -0.2) is 24.6 Å². The van der Waals surface area contributed by atoms with Gasteiger partial charge in [0, 0.05) is 16.9 Å². The minimum Gasteiger partial charge on any atom is -0.496 e. The van der Waals surface area contributed by atoms with E-state index in [-0.39, 0.29) is 17.7 Å². The molecular weight excluding hydrogens is 334 g/mol. The molecule has 0 fully saturated rings. The smallest absolute Gasteiger partial charge is 0.230 e. The van der Waals surface area contributed by atoms with E-state index in [0.29, 0.717) is 17.1 Å². The third-order valence-electron chi connectivity index (χ3n) is 3.85. The third-order valence-corrected chi connectivity index (χ3v) is 4.84. The van der Waals surface area contributed by atoms with Crippen molar-refractivity contribution in [2.75, 3.05) is 12.9 Å². The minimum atomic E-state index is -0.0233. The molecule has 0 spiro atoms. The first-order valence-electron chi connectivity index (χ1n) is 8.11. The molecule has 25 heavy (non-hydrogen) atoms. The van der Waals surface area contributed by atoms with Crippen molar-refractivity contribution in [2.24, 2.45) is 0 Å². The molecule has 0 aromatic heterocycles. The molecule has 1 amide bonds. The van der Waals surface area contributed by atoms with Gasteiger partial charge in [0.25, 0.3) is 0 Å². The Morgan fingerprint density at radius 2 is 1.88 bits per heavy atom. The van der Waals surface area contributed by atoms with E-state index >= 15 is 0 Å². The average Bonchev–Trinajstić information content (AvgIpc) is 2.62. The highest BCUT2D eigenvalue weighted by molar-refractivity contribution is 7.99. The van der Waals surface area contributed by atoms with Crippen molar-refractivity contribution in [3.63, 3.8) is 0 Å². The molecule has 0 aliphatic rings. The molecule has 2 rings (SSSR count). The van der Waals surface area contributed by atoms with Gasteiger partial charge in [-0.25, -0.2) is 0 Å². The van der Waals surface area contributed by atoms with E-state index in [1.165, 1.54) is 18.7 Å². The number of ketones is 1. The van der Waals surface area contributed by atoms with Gasteiger partial charge in [0.05, 0.1) is 18.9 Å². The maximum atomic E-state index is 12.1. The average molecular weight is 357 g/mol. The summed E-state index contributed by atoms with van der Waals surface area (Å²) in [5.74, 6) is 1.70. The molecule has 0 radical (unpaired) electrons. The van der Waals surface area contributed by atoms with Gasteiger partial charge in [-0.05, 0) is 37.6 Å². The molecule has 132 valence electrons. The first-order chi connectivity index (χ1) is 12.0. The van der Waals surface area contributed by atoms with Crippen LogP contribution in [0.5, 0.6) is 5.75 Å². The summed E-state index contributed by atoms with van der Waals surface area (Å²) in [7, 11) is 1.60. The molecule has 0 saturated heterocycles. The normalized spacial score (nSPS) is 11.6. The van der Waals surface area contributed by atoms with Gasteiger partial charge in [-0.2, -0.15) is 0 Å². The maximum absolute atomic E-state index is 12.1. The molecule has 2 aromatic rings. The van der Waals surface area contributed by atoms with Crippen LogP contribution in [0.15, 0.2) is 48.5 Å². The SMILES string of the molecule is COc1ccc(C(C)=O)cc1CSCC(=O)N[C@H](C)c1ccccc1. The van der Waals surface area contributed by atoms with Crippen molar-refractivity contribution in [1.82, 2.24) is 5.32 Å². The predicted molar refractivity (Wildman–Crippen MR) is 102 cm³/mol. The highest BCUT2D eigenvalue weighted by Gasteiger charge is 2.11. The molecule has 0 bridgehead atoms. The summed E-state index contributed by atoms with van der Waals surface area (Å²) in [6, 6.07) is 15.2. The molecular formula is C20H23NO3S. The number of carbonyl (C=O) groups excluding carboxylic acids is 2. The summed E-state index contributed by atoms with van der Waals surface area (Å²) >= 11 is 1.50. The fourth-order valence-electron chi connectivity index (χ4n) is 2.47. The van der Waals surface area contributed by atoms with Crippen molar-refractivity contribution in [2.45, 2.75) is 25.6 Å². The zero-order valence-corrected chi connectivity index (χ0v) is 15.6. The summed E-state index contributed by atoms with van der Waals surface area (Å²) < 4.78 is 5.33. The van der Waals surface area contributed by atoms with E-state index in [1.807, 2.05) is 43.3 Å². The zero-order chi connectivity index (χ0) is 18.2. The largest absolute Gasteiger partial charge is 0.496 e. The van der Waals surface area contributed by atoms with Gasteiger partial charge in [0.1, 0.15) is 5.75 Å². The number of rotatable bonds is 8.